The van der Waals surface area contributed by atoms with E-state index in [0.29, 0.717) is 5.69 Å². The van der Waals surface area contributed by atoms with Gasteiger partial charge < -0.3 is 15.6 Å². The number of halogens is 4. The van der Waals surface area contributed by atoms with E-state index in [1.807, 2.05) is 0 Å². The zero-order chi connectivity index (χ0) is 23.6. The quantitative estimate of drug-likeness (QED) is 0.505. The van der Waals surface area contributed by atoms with Gasteiger partial charge in [-0.25, -0.2) is 9.97 Å². The minimum atomic E-state index is -4.55. The number of alkyl halides is 3. The predicted octanol–water partition coefficient (Wildman–Crippen LogP) is 4.66. The number of carbonyl (C=O) groups excluding carboxylic acids is 2. The molecule has 0 unspecified atom stereocenters. The number of carbonyl (C=O) groups is 2. The van der Waals surface area contributed by atoms with Gasteiger partial charge in [0, 0.05) is 24.1 Å². The zero-order valence-electron chi connectivity index (χ0n) is 16.8. The Kier molecular flexibility index (Phi) is 6.49. The Labute approximate surface area is 185 Å². The van der Waals surface area contributed by atoms with Gasteiger partial charge in [0.1, 0.15) is 22.9 Å². The van der Waals surface area contributed by atoms with Crippen molar-refractivity contribution in [2.45, 2.75) is 32.4 Å². The molecule has 3 N–H and O–H groups in total. The van der Waals surface area contributed by atoms with Gasteiger partial charge in [-0.2, -0.15) is 13.2 Å². The first kappa shape index (κ1) is 23.2. The molecule has 0 fully saturated rings. The summed E-state index contributed by atoms with van der Waals surface area (Å²) >= 11 is 5.96. The summed E-state index contributed by atoms with van der Waals surface area (Å²) in [6.07, 6.45) is -3.49. The minimum Gasteiger partial charge on any atom is -0.382 e. The van der Waals surface area contributed by atoms with E-state index in [0.717, 1.165) is 12.4 Å². The lowest BCUT2D eigenvalue weighted by Gasteiger charge is -2.12. The second kappa shape index (κ2) is 8.95. The highest BCUT2D eigenvalue weighted by atomic mass is 35.5. The maximum atomic E-state index is 13.1. The number of nitrogens with one attached hydrogen (secondary N) is 1. The van der Waals surface area contributed by atoms with Crippen molar-refractivity contribution < 1.29 is 27.3 Å². The van der Waals surface area contributed by atoms with Gasteiger partial charge in [-0.3, -0.25) is 9.59 Å². The highest BCUT2D eigenvalue weighted by molar-refractivity contribution is 6.35. The summed E-state index contributed by atoms with van der Waals surface area (Å²) in [6.45, 7) is 2.99. The van der Waals surface area contributed by atoms with Crippen LogP contribution in [-0.2, 0) is 6.18 Å². The van der Waals surface area contributed by atoms with Crippen molar-refractivity contribution in [1.82, 2.24) is 15.1 Å². The summed E-state index contributed by atoms with van der Waals surface area (Å²) in [6, 6.07) is 4.74. The fourth-order valence-electron chi connectivity index (χ4n) is 2.88. The number of benzene rings is 1. The van der Waals surface area contributed by atoms with Crippen LogP contribution in [0.5, 0.6) is 0 Å². The van der Waals surface area contributed by atoms with Gasteiger partial charge in [-0.05, 0) is 24.6 Å². The van der Waals surface area contributed by atoms with Crippen LogP contribution in [0.15, 0.2) is 35.1 Å². The number of anilines is 2. The molecule has 2 heterocycles. The molecule has 0 bridgehead atoms. The first-order valence-corrected chi connectivity index (χ1v) is 9.60. The molecule has 1 atom stereocenters. The van der Waals surface area contributed by atoms with Crippen LogP contribution in [-0.4, -0.2) is 26.8 Å². The molecule has 32 heavy (non-hydrogen) atoms. The highest BCUT2D eigenvalue weighted by Gasteiger charge is 2.32. The number of nitrogens with zero attached hydrogens (tertiary/aromatic N) is 3. The Balaban J connectivity index is 1.70. The van der Waals surface area contributed by atoms with Crippen LogP contribution in [0, 0.1) is 6.92 Å². The smallest absolute Gasteiger partial charge is 0.382 e. The fourth-order valence-corrected chi connectivity index (χ4v) is 3.09. The molecule has 0 saturated heterocycles. The van der Waals surface area contributed by atoms with Crippen molar-refractivity contribution in [3.63, 3.8) is 0 Å². The lowest BCUT2D eigenvalue weighted by Crippen LogP contribution is -2.13. The van der Waals surface area contributed by atoms with E-state index in [2.05, 4.69) is 20.4 Å². The maximum Gasteiger partial charge on any atom is 0.416 e. The number of amides is 1. The number of hydrogen-bond acceptors (Lipinski definition) is 7. The van der Waals surface area contributed by atoms with Crippen LogP contribution in [0.2, 0.25) is 5.02 Å². The fraction of sp³-hybridized carbons (Fsp3) is 0.250. The van der Waals surface area contributed by atoms with Crippen LogP contribution >= 0.6 is 11.6 Å². The Morgan fingerprint density at radius 3 is 2.66 bits per heavy atom. The normalized spacial score (nSPS) is 12.4. The summed E-state index contributed by atoms with van der Waals surface area (Å²) in [5.41, 5.74) is 4.95. The molecule has 1 amide bonds. The number of nitrogen functional groups attached to an aromatic ring is 1. The van der Waals surface area contributed by atoms with Crippen LogP contribution in [0.4, 0.5) is 24.7 Å². The van der Waals surface area contributed by atoms with E-state index >= 15 is 0 Å². The van der Waals surface area contributed by atoms with E-state index in [1.54, 1.807) is 6.92 Å². The number of aryl methyl sites for hydroxylation is 1. The number of Topliss-reactive ketones (excluding diaryl/α,β-unsaturated/α-hetero) is 1. The van der Waals surface area contributed by atoms with Crippen LogP contribution < -0.4 is 11.1 Å². The number of ketones is 1. The summed E-state index contributed by atoms with van der Waals surface area (Å²) < 4.78 is 44.2. The third-order valence-corrected chi connectivity index (χ3v) is 5.00. The Morgan fingerprint density at radius 2 is 1.97 bits per heavy atom. The first-order chi connectivity index (χ1) is 15.0. The van der Waals surface area contributed by atoms with Crippen molar-refractivity contribution in [3.8, 4) is 0 Å². The number of rotatable bonds is 6. The lowest BCUT2D eigenvalue weighted by atomic mass is 9.99. The van der Waals surface area contributed by atoms with Crippen LogP contribution in [0.25, 0.3) is 0 Å². The van der Waals surface area contributed by atoms with Gasteiger partial charge in [-0.1, -0.05) is 29.7 Å². The molecule has 12 heteroatoms. The van der Waals surface area contributed by atoms with Crippen LogP contribution in [0.1, 0.15) is 57.1 Å². The second-order valence-corrected chi connectivity index (χ2v) is 7.43. The van der Waals surface area contributed by atoms with Gasteiger partial charge >= 0.3 is 6.18 Å². The third-order valence-electron chi connectivity index (χ3n) is 4.63. The van der Waals surface area contributed by atoms with Crippen molar-refractivity contribution in [3.05, 3.63) is 63.9 Å². The molecule has 0 aliphatic rings. The van der Waals surface area contributed by atoms with Gasteiger partial charge in [0.25, 0.3) is 5.91 Å². The van der Waals surface area contributed by atoms with E-state index < -0.39 is 29.3 Å². The molecule has 0 radical (unpaired) electrons. The third kappa shape index (κ3) is 5.05. The number of nitrogens with two attached hydrogens (primary N) is 1. The lowest BCUT2D eigenvalue weighted by molar-refractivity contribution is -0.138. The number of aromatic nitrogens is 3. The van der Waals surface area contributed by atoms with Crippen molar-refractivity contribution in [2.24, 2.45) is 0 Å². The second-order valence-electron chi connectivity index (χ2n) is 7.05. The molecule has 3 aromatic rings. The van der Waals surface area contributed by atoms with E-state index in [1.165, 1.54) is 25.1 Å². The Morgan fingerprint density at radius 1 is 1.25 bits per heavy atom. The molecular weight excluding hydrogens is 451 g/mol. The maximum absolute atomic E-state index is 13.1. The van der Waals surface area contributed by atoms with Gasteiger partial charge in [-0.15, -0.1) is 0 Å². The van der Waals surface area contributed by atoms with Crippen molar-refractivity contribution in [2.75, 3.05) is 11.1 Å². The molecule has 0 spiro atoms. The van der Waals surface area contributed by atoms with Crippen molar-refractivity contribution >= 4 is 34.8 Å². The van der Waals surface area contributed by atoms with E-state index in [9.17, 15) is 22.8 Å². The standard InChI is InChI=1S/C20H17ClF3N5O3/c1-9-3-4-11(6-12(9)20(22,23)24)28-19(31)15-7-13(29-32-15)10(2)5-14(30)17-16(21)18(25)27-8-26-17/h3-4,6-8,10H,5H2,1-2H3,(H,28,31)(H2,25,26,27)/t10-/m0/s1. The molecule has 3 rings (SSSR count). The largest absolute Gasteiger partial charge is 0.416 e. The monoisotopic (exact) mass is 467 g/mol. The van der Waals surface area contributed by atoms with E-state index in [4.69, 9.17) is 21.9 Å². The average molecular weight is 468 g/mol. The van der Waals surface area contributed by atoms with Gasteiger partial charge in [0.2, 0.25) is 5.76 Å². The van der Waals surface area contributed by atoms with Crippen molar-refractivity contribution in [1.29, 1.82) is 0 Å². The highest BCUT2D eigenvalue weighted by Crippen LogP contribution is 2.33. The molecule has 168 valence electrons. The number of hydrogen-bond donors (Lipinski definition) is 2. The Hall–Kier alpha value is -3.47. The molecule has 8 nitrogen and oxygen atoms in total. The first-order valence-electron chi connectivity index (χ1n) is 9.22. The summed E-state index contributed by atoms with van der Waals surface area (Å²) in [7, 11) is 0. The SMILES string of the molecule is Cc1ccc(NC(=O)c2cc([C@@H](C)CC(=O)c3ncnc(N)c3Cl)no2)cc1C(F)(F)F. The van der Waals surface area contributed by atoms with Gasteiger partial charge in [0.15, 0.2) is 5.78 Å². The molecular formula is C20H17ClF3N5O3. The minimum absolute atomic E-state index is 0.0251. The molecule has 0 aliphatic carbocycles. The van der Waals surface area contributed by atoms with E-state index in [-0.39, 0.29) is 40.0 Å². The molecule has 1 aromatic carbocycles. The summed E-state index contributed by atoms with van der Waals surface area (Å²) in [5.74, 6) is -1.92. The predicted molar refractivity (Wildman–Crippen MR) is 109 cm³/mol. The van der Waals surface area contributed by atoms with Gasteiger partial charge in [0.05, 0.1) is 11.3 Å². The zero-order valence-corrected chi connectivity index (χ0v) is 17.6. The topological polar surface area (TPSA) is 124 Å². The molecule has 0 aliphatic heterocycles. The Bertz CT molecular complexity index is 1180. The summed E-state index contributed by atoms with van der Waals surface area (Å²) in [5, 5.41) is 6.07. The molecule has 2 aromatic heterocycles. The summed E-state index contributed by atoms with van der Waals surface area (Å²) in [4.78, 5) is 32.4. The average Bonchev–Trinajstić information content (AvgIpc) is 3.21. The molecule has 0 saturated carbocycles. The van der Waals surface area contributed by atoms with Crippen LogP contribution in [0.3, 0.4) is 0 Å².